The number of amides is 1. The fourth-order valence-electron chi connectivity index (χ4n) is 2.84. The van der Waals surface area contributed by atoms with Crippen molar-refractivity contribution in [3.8, 4) is 5.75 Å². The van der Waals surface area contributed by atoms with E-state index in [4.69, 9.17) is 4.74 Å². The quantitative estimate of drug-likeness (QED) is 0.890. The molecule has 1 N–H and O–H groups in total. The molecule has 1 amide bonds. The molecule has 1 aliphatic rings. The number of fused-ring (bicyclic) bond motifs is 1. The normalized spacial score (nSPS) is 13.9. The number of sulfonamides is 1. The lowest BCUT2D eigenvalue weighted by Crippen LogP contribution is -2.36. The highest BCUT2D eigenvalue weighted by molar-refractivity contribution is 7.92. The van der Waals surface area contributed by atoms with Gasteiger partial charge < -0.3 is 9.64 Å². The molecule has 2 aromatic rings. The van der Waals surface area contributed by atoms with Crippen molar-refractivity contribution in [3.05, 3.63) is 48.0 Å². The van der Waals surface area contributed by atoms with Gasteiger partial charge in [0.15, 0.2) is 0 Å². The van der Waals surface area contributed by atoms with Gasteiger partial charge in [0, 0.05) is 12.6 Å². The number of ether oxygens (including phenoxy) is 1. The summed E-state index contributed by atoms with van der Waals surface area (Å²) in [7, 11) is -3.77. The van der Waals surface area contributed by atoms with Gasteiger partial charge in [0.2, 0.25) is 5.91 Å². The van der Waals surface area contributed by atoms with Gasteiger partial charge in [-0.25, -0.2) is 8.42 Å². The molecule has 0 bridgehead atoms. The van der Waals surface area contributed by atoms with E-state index < -0.39 is 10.0 Å². The Kier molecular flexibility index (Phi) is 4.91. The van der Waals surface area contributed by atoms with E-state index in [-0.39, 0.29) is 10.8 Å². The summed E-state index contributed by atoms with van der Waals surface area (Å²) >= 11 is 0. The standard InChI is InChI=1S/C19H22N2O4S/c1-13(2)15-4-6-16(7-5-15)20-26(23,24)17-8-9-19-18(12-17)21(14(3)22)10-11-25-19/h4-9,12-13,20H,10-11H2,1-3H3. The molecule has 0 saturated heterocycles. The van der Waals surface area contributed by atoms with E-state index in [1.807, 2.05) is 12.1 Å². The Morgan fingerprint density at radius 3 is 2.46 bits per heavy atom. The molecule has 0 fully saturated rings. The molecule has 0 unspecified atom stereocenters. The summed E-state index contributed by atoms with van der Waals surface area (Å²) in [5.41, 5.74) is 2.10. The van der Waals surface area contributed by atoms with Crippen LogP contribution in [-0.4, -0.2) is 27.5 Å². The maximum atomic E-state index is 12.7. The molecule has 138 valence electrons. The maximum absolute atomic E-state index is 12.7. The average molecular weight is 374 g/mol. The molecular weight excluding hydrogens is 352 g/mol. The molecule has 2 aromatic carbocycles. The van der Waals surface area contributed by atoms with Crippen LogP contribution in [0.15, 0.2) is 47.4 Å². The van der Waals surface area contributed by atoms with Crippen molar-refractivity contribution < 1.29 is 17.9 Å². The highest BCUT2D eigenvalue weighted by Gasteiger charge is 2.24. The van der Waals surface area contributed by atoms with Gasteiger partial charge in [-0.2, -0.15) is 0 Å². The number of hydrogen-bond donors (Lipinski definition) is 1. The Hall–Kier alpha value is -2.54. The molecule has 0 saturated carbocycles. The number of anilines is 2. The zero-order chi connectivity index (χ0) is 18.9. The topological polar surface area (TPSA) is 75.7 Å². The molecule has 26 heavy (non-hydrogen) atoms. The minimum atomic E-state index is -3.77. The fourth-order valence-corrected chi connectivity index (χ4v) is 3.92. The first-order chi connectivity index (χ1) is 12.3. The maximum Gasteiger partial charge on any atom is 0.261 e. The lowest BCUT2D eigenvalue weighted by molar-refractivity contribution is -0.116. The Labute approximate surface area is 153 Å². The Morgan fingerprint density at radius 1 is 1.15 bits per heavy atom. The largest absolute Gasteiger partial charge is 0.490 e. The number of hydrogen-bond acceptors (Lipinski definition) is 4. The van der Waals surface area contributed by atoms with Crippen LogP contribution < -0.4 is 14.4 Å². The lowest BCUT2D eigenvalue weighted by Gasteiger charge is -2.29. The number of benzene rings is 2. The summed E-state index contributed by atoms with van der Waals surface area (Å²) in [5.74, 6) is 0.729. The molecule has 0 aliphatic carbocycles. The third kappa shape index (κ3) is 3.67. The van der Waals surface area contributed by atoms with Crippen molar-refractivity contribution >= 4 is 27.3 Å². The van der Waals surface area contributed by atoms with Gasteiger partial charge in [-0.1, -0.05) is 26.0 Å². The molecule has 3 rings (SSSR count). The summed E-state index contributed by atoms with van der Waals surface area (Å²) < 4.78 is 33.6. The summed E-state index contributed by atoms with van der Waals surface area (Å²) in [6.07, 6.45) is 0. The third-order valence-corrected chi connectivity index (χ3v) is 5.69. The van der Waals surface area contributed by atoms with Crippen LogP contribution in [0.5, 0.6) is 5.75 Å². The molecule has 7 heteroatoms. The molecule has 0 spiro atoms. The zero-order valence-corrected chi connectivity index (χ0v) is 15.8. The van der Waals surface area contributed by atoms with Gasteiger partial charge in [0.05, 0.1) is 17.1 Å². The van der Waals surface area contributed by atoms with E-state index in [2.05, 4.69) is 18.6 Å². The van der Waals surface area contributed by atoms with Crippen LogP contribution in [0.25, 0.3) is 0 Å². The van der Waals surface area contributed by atoms with Crippen molar-refractivity contribution in [2.45, 2.75) is 31.6 Å². The van der Waals surface area contributed by atoms with Crippen molar-refractivity contribution in [2.24, 2.45) is 0 Å². The van der Waals surface area contributed by atoms with E-state index in [0.29, 0.717) is 36.2 Å². The van der Waals surface area contributed by atoms with Crippen molar-refractivity contribution in [1.29, 1.82) is 0 Å². The van der Waals surface area contributed by atoms with Gasteiger partial charge in [-0.15, -0.1) is 0 Å². The molecule has 0 radical (unpaired) electrons. The first-order valence-electron chi connectivity index (χ1n) is 8.45. The summed E-state index contributed by atoms with van der Waals surface area (Å²) in [6, 6.07) is 11.8. The van der Waals surface area contributed by atoms with Crippen molar-refractivity contribution in [2.75, 3.05) is 22.8 Å². The number of nitrogens with zero attached hydrogens (tertiary/aromatic N) is 1. The van der Waals surface area contributed by atoms with E-state index in [1.54, 1.807) is 18.2 Å². The first-order valence-corrected chi connectivity index (χ1v) is 9.94. The highest BCUT2D eigenvalue weighted by atomic mass is 32.2. The zero-order valence-electron chi connectivity index (χ0n) is 15.0. The fraction of sp³-hybridized carbons (Fsp3) is 0.316. The minimum Gasteiger partial charge on any atom is -0.490 e. The molecule has 1 aliphatic heterocycles. The van der Waals surface area contributed by atoms with Crippen molar-refractivity contribution in [1.82, 2.24) is 0 Å². The molecule has 0 aromatic heterocycles. The Bertz CT molecular complexity index is 921. The summed E-state index contributed by atoms with van der Waals surface area (Å²) in [4.78, 5) is 13.4. The van der Waals surface area contributed by atoms with Crippen LogP contribution in [0.4, 0.5) is 11.4 Å². The number of carbonyl (C=O) groups is 1. The molecule has 6 nitrogen and oxygen atoms in total. The van der Waals surface area contributed by atoms with Gasteiger partial charge in [0.1, 0.15) is 12.4 Å². The molecule has 1 heterocycles. The van der Waals surface area contributed by atoms with Crippen LogP contribution in [0.1, 0.15) is 32.3 Å². The van der Waals surface area contributed by atoms with Gasteiger partial charge >= 0.3 is 0 Å². The smallest absolute Gasteiger partial charge is 0.261 e. The van der Waals surface area contributed by atoms with Crippen LogP contribution >= 0.6 is 0 Å². The third-order valence-electron chi connectivity index (χ3n) is 4.31. The van der Waals surface area contributed by atoms with Crippen molar-refractivity contribution in [3.63, 3.8) is 0 Å². The molecule has 0 atom stereocenters. The number of carbonyl (C=O) groups excluding carboxylic acids is 1. The van der Waals surface area contributed by atoms with Crippen LogP contribution in [0.3, 0.4) is 0 Å². The first kappa shape index (κ1) is 18.3. The van der Waals surface area contributed by atoms with E-state index in [0.717, 1.165) is 5.56 Å². The highest BCUT2D eigenvalue weighted by Crippen LogP contribution is 2.34. The van der Waals surface area contributed by atoms with E-state index in [9.17, 15) is 13.2 Å². The van der Waals surface area contributed by atoms with Crippen LogP contribution in [-0.2, 0) is 14.8 Å². The van der Waals surface area contributed by atoms with E-state index >= 15 is 0 Å². The predicted molar refractivity (Wildman–Crippen MR) is 101 cm³/mol. The average Bonchev–Trinajstić information content (AvgIpc) is 2.60. The summed E-state index contributed by atoms with van der Waals surface area (Å²) in [6.45, 7) is 6.39. The second-order valence-corrected chi connectivity index (χ2v) is 8.21. The van der Waals surface area contributed by atoms with Gasteiger partial charge in [-0.3, -0.25) is 9.52 Å². The van der Waals surface area contributed by atoms with Gasteiger partial charge in [-0.05, 0) is 41.8 Å². The minimum absolute atomic E-state index is 0.0842. The monoisotopic (exact) mass is 374 g/mol. The SMILES string of the molecule is CC(=O)N1CCOc2ccc(S(=O)(=O)Nc3ccc(C(C)C)cc3)cc21. The van der Waals surface area contributed by atoms with Crippen LogP contribution in [0, 0.1) is 0 Å². The Morgan fingerprint density at radius 2 is 1.85 bits per heavy atom. The number of nitrogens with one attached hydrogen (secondary N) is 1. The summed E-state index contributed by atoms with van der Waals surface area (Å²) in [5, 5.41) is 0. The molecular formula is C19H22N2O4S. The predicted octanol–water partition coefficient (Wildman–Crippen LogP) is 3.36. The second kappa shape index (κ2) is 6.99. The van der Waals surface area contributed by atoms with Crippen LogP contribution in [0.2, 0.25) is 0 Å². The Balaban J connectivity index is 1.90. The number of rotatable bonds is 4. The second-order valence-electron chi connectivity index (χ2n) is 6.53. The van der Waals surface area contributed by atoms with E-state index in [1.165, 1.54) is 24.0 Å². The lowest BCUT2D eigenvalue weighted by atomic mass is 10.0. The van der Waals surface area contributed by atoms with Gasteiger partial charge in [0.25, 0.3) is 10.0 Å².